The van der Waals surface area contributed by atoms with Crippen LogP contribution in [0.4, 0.5) is 5.95 Å². The molecule has 34 heavy (non-hydrogen) atoms. The van der Waals surface area contributed by atoms with Crippen LogP contribution >= 0.6 is 15.6 Å². The Balaban J connectivity index is 1.70. The van der Waals surface area contributed by atoms with E-state index in [1.165, 1.54) is 22.5 Å². The molecule has 1 aliphatic rings. The minimum Gasteiger partial charge on any atom is -0.387 e. The Morgan fingerprint density at radius 2 is 2.15 bits per heavy atom. The van der Waals surface area contributed by atoms with E-state index in [2.05, 4.69) is 28.8 Å². The number of azide groups is 1. The Hall–Kier alpha value is -2.40. The van der Waals surface area contributed by atoms with Gasteiger partial charge in [0.2, 0.25) is 11.7 Å². The van der Waals surface area contributed by atoms with E-state index < -0.39 is 52.3 Å². The Morgan fingerprint density at radius 1 is 1.44 bits per heavy atom. The second kappa shape index (κ2) is 10.1. The molecule has 2 aromatic rings. The van der Waals surface area contributed by atoms with Gasteiger partial charge in [-0.1, -0.05) is 10.1 Å². The van der Waals surface area contributed by atoms with Crippen LogP contribution in [0.15, 0.2) is 16.2 Å². The van der Waals surface area contributed by atoms with Crippen LogP contribution in [-0.4, -0.2) is 72.5 Å². The Kier molecular flexibility index (Phi) is 7.76. The summed E-state index contributed by atoms with van der Waals surface area (Å²) < 4.78 is 40.9. The third kappa shape index (κ3) is 5.80. The summed E-state index contributed by atoms with van der Waals surface area (Å²) in [5, 5.41) is 25.8. The number of phosphoric acid groups is 1. The molecule has 6 atom stereocenters. The second-order valence-corrected chi connectivity index (χ2v) is 10.2. The third-order valence-corrected chi connectivity index (χ3v) is 7.41. The number of ether oxygens (including phenoxy) is 1. The van der Waals surface area contributed by atoms with Crippen molar-refractivity contribution in [3.8, 4) is 0 Å². The number of aliphatic hydroxyl groups excluding tert-OH is 2. The number of aliphatic hydroxyl groups is 2. The minimum absolute atomic E-state index is 0.0331. The number of fused-ring (bicyclic) bond motifs is 1. The van der Waals surface area contributed by atoms with Crippen LogP contribution in [0.1, 0.15) is 6.23 Å². The van der Waals surface area contributed by atoms with Gasteiger partial charge in [-0.15, -0.1) is 0 Å². The van der Waals surface area contributed by atoms with Crippen LogP contribution < -0.4 is 20.9 Å². The lowest BCUT2D eigenvalue weighted by Gasteiger charge is -2.19. The van der Waals surface area contributed by atoms with E-state index in [-0.39, 0.29) is 30.2 Å². The molecular formula is C13H22N9O10P2+. The zero-order valence-electron chi connectivity index (χ0n) is 17.4. The van der Waals surface area contributed by atoms with E-state index >= 15 is 0 Å². The van der Waals surface area contributed by atoms with Crippen molar-refractivity contribution >= 4 is 32.7 Å². The molecule has 3 unspecified atom stereocenters. The fourth-order valence-corrected chi connectivity index (χ4v) is 5.45. The van der Waals surface area contributed by atoms with E-state index in [0.717, 1.165) is 0 Å². The van der Waals surface area contributed by atoms with Gasteiger partial charge in [0.15, 0.2) is 6.33 Å². The summed E-state index contributed by atoms with van der Waals surface area (Å²) in [6.07, 6.45) is -4.54. The number of phosphoric ester groups is 1. The van der Waals surface area contributed by atoms with Gasteiger partial charge in [-0.2, -0.15) is 4.31 Å². The Bertz CT molecular complexity index is 1260. The second-order valence-electron chi connectivity index (χ2n) is 7.03. The SMILES string of the molecule is Cn1c[n+]([C@@H]2O[C@H](COP(=O)(O)OP(=O)(O)NCCN=[N+]=[N-])C(O)[C@@H]2O)c2nc(N)[nH]c(=O)c21. The average molecular weight is 526 g/mol. The number of rotatable bonds is 10. The highest BCUT2D eigenvalue weighted by molar-refractivity contribution is 7.62. The zero-order chi connectivity index (χ0) is 25.3. The number of H-pyrrole nitrogens is 1. The molecule has 19 nitrogen and oxygen atoms in total. The first kappa shape index (κ1) is 26.2. The van der Waals surface area contributed by atoms with Crippen LogP contribution in [0.3, 0.4) is 0 Å². The molecule has 0 aliphatic carbocycles. The van der Waals surface area contributed by atoms with Crippen molar-refractivity contribution in [1.29, 1.82) is 0 Å². The third-order valence-electron chi connectivity index (χ3n) is 4.60. The number of aryl methyl sites for hydroxylation is 1. The van der Waals surface area contributed by atoms with E-state index in [9.17, 15) is 33.9 Å². The maximum atomic E-state index is 12.2. The van der Waals surface area contributed by atoms with Gasteiger partial charge in [0.05, 0.1) is 13.7 Å². The molecule has 1 saturated heterocycles. The molecule has 8 N–H and O–H groups in total. The molecule has 1 aliphatic heterocycles. The molecule has 0 spiro atoms. The van der Waals surface area contributed by atoms with E-state index in [0.29, 0.717) is 0 Å². The number of nitrogens with two attached hydrogens (primary N) is 1. The Morgan fingerprint density at radius 3 is 2.82 bits per heavy atom. The first-order chi connectivity index (χ1) is 15.8. The molecule has 0 aromatic carbocycles. The molecule has 1 fully saturated rings. The molecule has 0 amide bonds. The van der Waals surface area contributed by atoms with Crippen LogP contribution in [0.25, 0.3) is 21.6 Å². The van der Waals surface area contributed by atoms with Gasteiger partial charge in [0.1, 0.15) is 18.3 Å². The summed E-state index contributed by atoms with van der Waals surface area (Å²) in [5.74, 6) is -0.204. The minimum atomic E-state index is -5.15. The lowest BCUT2D eigenvalue weighted by atomic mass is 10.1. The van der Waals surface area contributed by atoms with Crippen molar-refractivity contribution in [2.75, 3.05) is 25.4 Å². The highest BCUT2D eigenvalue weighted by Crippen LogP contribution is 2.57. The number of anilines is 1. The number of hydrogen-bond donors (Lipinski definition) is 7. The molecule has 188 valence electrons. The summed E-state index contributed by atoms with van der Waals surface area (Å²) in [6, 6.07) is 0. The lowest BCUT2D eigenvalue weighted by molar-refractivity contribution is -0.745. The first-order valence-corrected chi connectivity index (χ1v) is 12.5. The van der Waals surface area contributed by atoms with Crippen molar-refractivity contribution in [2.24, 2.45) is 12.2 Å². The number of nitrogens with one attached hydrogen (secondary N) is 2. The molecule has 3 heterocycles. The standard InChI is InChI=1S/C13H21N9O10P2/c1-21-5-22(10-7(21)11(25)19-13(14)18-10)12-9(24)8(23)6(31-12)4-30-34(28,29)32-33(26,27)17-3-2-16-20-15/h5-6,8-9,12,23-24H,2-4H2,1H3,(H5-,14,17,18,19,25,26,27,28,29)/p+1/t6-,8?,9+,12-/m1/s1. The topological polar surface area (TPSA) is 284 Å². The maximum Gasteiger partial charge on any atom is 0.480 e. The molecule has 0 saturated carbocycles. The molecule has 21 heteroatoms. The van der Waals surface area contributed by atoms with Crippen molar-refractivity contribution < 1.29 is 47.3 Å². The predicted octanol–water partition coefficient (Wildman–Crippen LogP) is -2.12. The number of imidazole rings is 1. The molecular weight excluding hydrogens is 504 g/mol. The summed E-state index contributed by atoms with van der Waals surface area (Å²) in [5.41, 5.74) is 13.3. The summed E-state index contributed by atoms with van der Waals surface area (Å²) in [6.45, 7) is -1.40. The van der Waals surface area contributed by atoms with Gasteiger partial charge in [0, 0.05) is 18.0 Å². The number of aromatic amines is 1. The van der Waals surface area contributed by atoms with E-state index in [1.54, 1.807) is 0 Å². The fourth-order valence-electron chi connectivity index (χ4n) is 3.20. The largest absolute Gasteiger partial charge is 0.480 e. The normalized spacial score (nSPS) is 26.1. The predicted molar refractivity (Wildman–Crippen MR) is 111 cm³/mol. The van der Waals surface area contributed by atoms with Crippen molar-refractivity contribution in [1.82, 2.24) is 19.6 Å². The molecule has 0 bridgehead atoms. The molecule has 3 rings (SSSR count). The van der Waals surface area contributed by atoms with Gasteiger partial charge >= 0.3 is 21.2 Å². The van der Waals surface area contributed by atoms with Crippen LogP contribution in [0, 0.1) is 0 Å². The zero-order valence-corrected chi connectivity index (χ0v) is 19.2. The highest BCUT2D eigenvalue weighted by Gasteiger charge is 2.48. The number of nitrogens with zero attached hydrogens (tertiary/aromatic N) is 6. The van der Waals surface area contributed by atoms with E-state index in [4.69, 9.17) is 16.0 Å². The molecule has 2 aromatic heterocycles. The average Bonchev–Trinajstić information content (AvgIpc) is 3.19. The lowest BCUT2D eigenvalue weighted by Crippen LogP contribution is -2.46. The van der Waals surface area contributed by atoms with Crippen LogP contribution in [-0.2, 0) is 29.7 Å². The number of aromatic nitrogens is 4. The van der Waals surface area contributed by atoms with Gasteiger partial charge in [-0.3, -0.25) is 18.9 Å². The number of nitrogen functional groups attached to an aromatic ring is 1. The summed E-state index contributed by atoms with van der Waals surface area (Å²) in [7, 11) is -8.44. The monoisotopic (exact) mass is 526 g/mol. The number of hydrogen-bond acceptors (Lipinski definition) is 11. The van der Waals surface area contributed by atoms with Gasteiger partial charge < -0.3 is 30.5 Å². The summed E-state index contributed by atoms with van der Waals surface area (Å²) in [4.78, 5) is 40.2. The summed E-state index contributed by atoms with van der Waals surface area (Å²) >= 11 is 0. The highest BCUT2D eigenvalue weighted by atomic mass is 31.3. The maximum absolute atomic E-state index is 12.2. The van der Waals surface area contributed by atoms with Crippen molar-refractivity contribution in [3.63, 3.8) is 0 Å². The van der Waals surface area contributed by atoms with Gasteiger partial charge in [-0.05, 0) is 5.53 Å². The Labute approximate surface area is 189 Å². The molecule has 0 radical (unpaired) electrons. The fraction of sp³-hybridized carbons (Fsp3) is 0.615. The van der Waals surface area contributed by atoms with E-state index in [1.807, 2.05) is 5.09 Å². The van der Waals surface area contributed by atoms with Gasteiger partial charge in [0.25, 0.3) is 11.5 Å². The first-order valence-electron chi connectivity index (χ1n) is 9.40. The van der Waals surface area contributed by atoms with Crippen molar-refractivity contribution in [3.05, 3.63) is 27.1 Å². The van der Waals surface area contributed by atoms with Crippen LogP contribution in [0.5, 0.6) is 0 Å². The van der Waals surface area contributed by atoms with Crippen LogP contribution in [0.2, 0.25) is 0 Å². The smallest absolute Gasteiger partial charge is 0.387 e. The quantitative estimate of drug-likeness (QED) is 0.0436. The van der Waals surface area contributed by atoms with Crippen molar-refractivity contribution in [2.45, 2.75) is 24.5 Å². The van der Waals surface area contributed by atoms with Gasteiger partial charge in [-0.25, -0.2) is 18.8 Å².